The predicted molar refractivity (Wildman–Crippen MR) is 81.3 cm³/mol. The number of nitrogens with zero attached hydrogens (tertiary/aromatic N) is 2. The first-order valence-electron chi connectivity index (χ1n) is 7.16. The van der Waals surface area contributed by atoms with Crippen LogP contribution in [0.2, 0.25) is 0 Å². The molecule has 1 amide bonds. The van der Waals surface area contributed by atoms with Gasteiger partial charge in [-0.05, 0) is 31.0 Å². The molecule has 0 unspecified atom stereocenters. The van der Waals surface area contributed by atoms with Gasteiger partial charge in [-0.3, -0.25) is 4.79 Å². The number of anilines is 2. The summed E-state index contributed by atoms with van der Waals surface area (Å²) < 4.78 is 5.71. The summed E-state index contributed by atoms with van der Waals surface area (Å²) in [5, 5.41) is 3.30. The molecule has 0 saturated heterocycles. The van der Waals surface area contributed by atoms with E-state index in [2.05, 4.69) is 10.3 Å². The Kier molecular flexibility index (Phi) is 3.64. The Morgan fingerprint density at radius 3 is 3.00 bits per heavy atom. The van der Waals surface area contributed by atoms with Crippen molar-refractivity contribution in [1.82, 2.24) is 4.98 Å². The van der Waals surface area contributed by atoms with Gasteiger partial charge in [0.15, 0.2) is 5.89 Å². The molecule has 0 bridgehead atoms. The highest BCUT2D eigenvalue weighted by Gasteiger charge is 2.28. The zero-order valence-corrected chi connectivity index (χ0v) is 12.3. The third-order valence-electron chi connectivity index (χ3n) is 3.67. The van der Waals surface area contributed by atoms with Crippen molar-refractivity contribution in [2.75, 3.05) is 17.3 Å². The lowest BCUT2D eigenvalue weighted by Gasteiger charge is -2.16. The number of amides is 1. The Labute approximate surface area is 124 Å². The molecule has 110 valence electrons. The van der Waals surface area contributed by atoms with Crippen LogP contribution in [0.1, 0.15) is 37.3 Å². The molecule has 1 N–H and O–H groups in total. The van der Waals surface area contributed by atoms with E-state index in [9.17, 15) is 4.79 Å². The van der Waals surface area contributed by atoms with Gasteiger partial charge in [0, 0.05) is 31.3 Å². The average molecular weight is 285 g/mol. The van der Waals surface area contributed by atoms with E-state index in [0.717, 1.165) is 23.0 Å². The lowest BCUT2D eigenvalue weighted by atomic mass is 10.2. The van der Waals surface area contributed by atoms with Crippen LogP contribution in [0.4, 0.5) is 11.4 Å². The van der Waals surface area contributed by atoms with Gasteiger partial charge in [-0.1, -0.05) is 6.07 Å². The van der Waals surface area contributed by atoms with Crippen molar-refractivity contribution in [2.24, 2.45) is 0 Å². The van der Waals surface area contributed by atoms with Crippen molar-refractivity contribution in [3.63, 3.8) is 0 Å². The van der Waals surface area contributed by atoms with Gasteiger partial charge >= 0.3 is 0 Å². The molecule has 1 aliphatic carbocycles. The summed E-state index contributed by atoms with van der Waals surface area (Å²) in [7, 11) is 1.76. The van der Waals surface area contributed by atoms with Crippen LogP contribution in [0.3, 0.4) is 0 Å². The van der Waals surface area contributed by atoms with Gasteiger partial charge in [0.05, 0.1) is 12.7 Å². The van der Waals surface area contributed by atoms with E-state index >= 15 is 0 Å². The fourth-order valence-electron chi connectivity index (χ4n) is 2.12. The first-order chi connectivity index (χ1) is 10.1. The molecule has 1 aromatic carbocycles. The molecule has 0 radical (unpaired) electrons. The van der Waals surface area contributed by atoms with Crippen LogP contribution in [0, 0.1) is 0 Å². The zero-order chi connectivity index (χ0) is 14.8. The summed E-state index contributed by atoms with van der Waals surface area (Å²) in [5.74, 6) is 2.24. The maximum absolute atomic E-state index is 11.4. The maximum Gasteiger partial charge on any atom is 0.223 e. The van der Waals surface area contributed by atoms with Gasteiger partial charge in [0.25, 0.3) is 0 Å². The first kappa shape index (κ1) is 13.7. The number of carbonyl (C=O) groups excluding carboxylic acids is 1. The second-order valence-corrected chi connectivity index (χ2v) is 5.42. The number of aromatic nitrogens is 1. The number of benzene rings is 1. The van der Waals surface area contributed by atoms with Gasteiger partial charge < -0.3 is 14.6 Å². The fourth-order valence-corrected chi connectivity index (χ4v) is 2.12. The van der Waals surface area contributed by atoms with Crippen molar-refractivity contribution in [3.8, 4) is 0 Å². The van der Waals surface area contributed by atoms with Gasteiger partial charge in [-0.2, -0.15) is 0 Å². The Bertz CT molecular complexity index is 646. The van der Waals surface area contributed by atoms with Crippen molar-refractivity contribution in [1.29, 1.82) is 0 Å². The van der Waals surface area contributed by atoms with Crippen LogP contribution in [-0.2, 0) is 11.3 Å². The largest absolute Gasteiger partial charge is 0.444 e. The molecule has 0 spiro atoms. The van der Waals surface area contributed by atoms with Gasteiger partial charge in [-0.15, -0.1) is 0 Å². The highest BCUT2D eigenvalue weighted by Crippen LogP contribution is 2.39. The van der Waals surface area contributed by atoms with E-state index in [-0.39, 0.29) is 5.91 Å². The van der Waals surface area contributed by atoms with Crippen LogP contribution in [0.25, 0.3) is 0 Å². The Morgan fingerprint density at radius 1 is 1.48 bits per heavy atom. The second kappa shape index (κ2) is 5.60. The third-order valence-corrected chi connectivity index (χ3v) is 3.67. The molecule has 2 aromatic rings. The number of nitrogens with one attached hydrogen (secondary N) is 1. The molecular formula is C16H19N3O2. The number of carbonyl (C=O) groups is 1. The average Bonchev–Trinajstić information content (AvgIpc) is 3.23. The molecule has 1 aliphatic rings. The van der Waals surface area contributed by atoms with E-state index in [1.54, 1.807) is 25.1 Å². The summed E-state index contributed by atoms with van der Waals surface area (Å²) in [6.07, 6.45) is 4.16. The van der Waals surface area contributed by atoms with Crippen LogP contribution in [0.15, 0.2) is 34.9 Å². The molecular weight excluding hydrogens is 266 g/mol. The van der Waals surface area contributed by atoms with Crippen LogP contribution >= 0.6 is 0 Å². The summed E-state index contributed by atoms with van der Waals surface area (Å²) >= 11 is 0. The van der Waals surface area contributed by atoms with Crippen LogP contribution in [-0.4, -0.2) is 17.9 Å². The maximum atomic E-state index is 11.4. The molecule has 21 heavy (non-hydrogen) atoms. The Hall–Kier alpha value is -2.30. The standard InChI is InChI=1S/C16H19N3O2/c1-11(20)19(2)14-5-3-4-13(8-14)17-9-15-10-18-16(21-15)12-6-7-12/h3-5,8,10,12,17H,6-7,9H2,1-2H3. The fraction of sp³-hybridized carbons (Fsp3) is 0.375. The summed E-state index contributed by atoms with van der Waals surface area (Å²) in [6, 6.07) is 7.74. The van der Waals surface area contributed by atoms with Crippen molar-refractivity contribution >= 4 is 17.3 Å². The van der Waals surface area contributed by atoms with Gasteiger partial charge in [0.1, 0.15) is 5.76 Å². The minimum absolute atomic E-state index is 0.0106. The topological polar surface area (TPSA) is 58.4 Å². The molecule has 1 aromatic heterocycles. The highest BCUT2D eigenvalue weighted by molar-refractivity contribution is 5.91. The minimum atomic E-state index is 0.0106. The molecule has 0 aliphatic heterocycles. The molecule has 3 rings (SSSR count). The number of oxazole rings is 1. The number of hydrogen-bond donors (Lipinski definition) is 1. The molecule has 5 heteroatoms. The Morgan fingerprint density at radius 2 is 2.29 bits per heavy atom. The summed E-state index contributed by atoms with van der Waals surface area (Å²) in [5.41, 5.74) is 1.81. The predicted octanol–water partition coefficient (Wildman–Crippen LogP) is 3.15. The summed E-state index contributed by atoms with van der Waals surface area (Å²) in [6.45, 7) is 2.14. The van der Waals surface area contributed by atoms with Gasteiger partial charge in [-0.25, -0.2) is 4.98 Å². The highest BCUT2D eigenvalue weighted by atomic mass is 16.4. The molecule has 5 nitrogen and oxygen atoms in total. The van der Waals surface area contributed by atoms with E-state index in [4.69, 9.17) is 4.42 Å². The second-order valence-electron chi connectivity index (χ2n) is 5.42. The van der Waals surface area contributed by atoms with Crippen molar-refractivity contribution in [2.45, 2.75) is 32.2 Å². The molecule has 1 fully saturated rings. The smallest absolute Gasteiger partial charge is 0.223 e. The molecule has 1 saturated carbocycles. The number of hydrogen-bond acceptors (Lipinski definition) is 4. The monoisotopic (exact) mass is 285 g/mol. The quantitative estimate of drug-likeness (QED) is 0.916. The van der Waals surface area contributed by atoms with Crippen molar-refractivity contribution in [3.05, 3.63) is 42.1 Å². The minimum Gasteiger partial charge on any atom is -0.444 e. The van der Waals surface area contributed by atoms with E-state index in [1.165, 1.54) is 12.8 Å². The normalized spacial score (nSPS) is 14.0. The van der Waals surface area contributed by atoms with E-state index < -0.39 is 0 Å². The molecule has 0 atom stereocenters. The third kappa shape index (κ3) is 3.24. The lowest BCUT2D eigenvalue weighted by Crippen LogP contribution is -2.22. The van der Waals surface area contributed by atoms with Crippen LogP contribution in [0.5, 0.6) is 0 Å². The van der Waals surface area contributed by atoms with E-state index in [0.29, 0.717) is 12.5 Å². The SMILES string of the molecule is CC(=O)N(C)c1cccc(NCc2cnc(C3CC3)o2)c1. The van der Waals surface area contributed by atoms with E-state index in [1.807, 2.05) is 24.3 Å². The Balaban J connectivity index is 1.64. The lowest BCUT2D eigenvalue weighted by molar-refractivity contribution is -0.116. The first-order valence-corrected chi connectivity index (χ1v) is 7.16. The van der Waals surface area contributed by atoms with Gasteiger partial charge in [0.2, 0.25) is 5.91 Å². The summed E-state index contributed by atoms with van der Waals surface area (Å²) in [4.78, 5) is 17.3. The molecule has 1 heterocycles. The van der Waals surface area contributed by atoms with Crippen molar-refractivity contribution < 1.29 is 9.21 Å². The zero-order valence-electron chi connectivity index (χ0n) is 12.3. The van der Waals surface area contributed by atoms with Crippen LogP contribution < -0.4 is 10.2 Å². The number of rotatable bonds is 5.